The molecule has 1 N–H and O–H groups in total. The second-order valence-electron chi connectivity index (χ2n) is 6.89. The van der Waals surface area contributed by atoms with Crippen LogP contribution in [0.2, 0.25) is 10.0 Å². The molecule has 2 aromatic heterocycles. The van der Waals surface area contributed by atoms with Crippen LogP contribution < -0.4 is 14.9 Å². The van der Waals surface area contributed by atoms with Gasteiger partial charge in [-0.3, -0.25) is 4.79 Å². The summed E-state index contributed by atoms with van der Waals surface area (Å²) in [5.41, 5.74) is -0.294. The number of aromatic nitrogens is 2. The van der Waals surface area contributed by atoms with E-state index in [2.05, 4.69) is 14.5 Å². The Hall–Kier alpha value is -3.17. The molecule has 0 radical (unpaired) electrons. The lowest BCUT2D eigenvalue weighted by Gasteiger charge is -2.21. The molecular formula is C21H14Cl2F2N2O5. The van der Waals surface area contributed by atoms with Gasteiger partial charge in [-0.25, -0.2) is 9.78 Å². The topological polar surface area (TPSA) is 90.7 Å². The molecule has 0 unspecified atom stereocenters. The van der Waals surface area contributed by atoms with Crippen LogP contribution >= 0.6 is 23.2 Å². The molecule has 0 saturated carbocycles. The number of halogens is 4. The fourth-order valence-electron chi connectivity index (χ4n) is 3.69. The molecule has 1 aliphatic heterocycles. The van der Waals surface area contributed by atoms with E-state index in [9.17, 15) is 23.5 Å². The van der Waals surface area contributed by atoms with Gasteiger partial charge in [0, 0.05) is 29.6 Å². The number of pyridine rings is 2. The van der Waals surface area contributed by atoms with E-state index in [1.165, 1.54) is 12.1 Å². The number of benzene rings is 1. The predicted octanol–water partition coefficient (Wildman–Crippen LogP) is 5.23. The minimum absolute atomic E-state index is 0.0119. The lowest BCUT2D eigenvalue weighted by Crippen LogP contribution is -2.26. The third-order valence-electron chi connectivity index (χ3n) is 5.00. The first-order chi connectivity index (χ1) is 15.0. The quantitative estimate of drug-likeness (QED) is 0.547. The first-order valence-corrected chi connectivity index (χ1v) is 10.0. The van der Waals surface area contributed by atoms with Gasteiger partial charge in [0.05, 0.1) is 21.3 Å². The average Bonchev–Trinajstić information content (AvgIpc) is 3.02. The maximum Gasteiger partial charge on any atom is 0.587 e. The number of carboxylic acids is 1. The molecule has 1 aliphatic rings. The van der Waals surface area contributed by atoms with Gasteiger partial charge >= 0.3 is 12.3 Å². The number of rotatable bonds is 4. The lowest BCUT2D eigenvalue weighted by atomic mass is 9.97. The highest BCUT2D eigenvalue weighted by Gasteiger charge is 2.44. The van der Waals surface area contributed by atoms with Gasteiger partial charge in [-0.1, -0.05) is 29.3 Å². The molecular weight excluding hydrogens is 469 g/mol. The average molecular weight is 483 g/mol. The van der Waals surface area contributed by atoms with Crippen LogP contribution in [0.4, 0.5) is 8.78 Å². The van der Waals surface area contributed by atoms with Crippen LogP contribution in [0.5, 0.6) is 11.6 Å². The summed E-state index contributed by atoms with van der Waals surface area (Å²) in [7, 11) is 0. The van der Waals surface area contributed by atoms with Gasteiger partial charge in [0.2, 0.25) is 5.43 Å². The van der Waals surface area contributed by atoms with Crippen molar-refractivity contribution in [2.75, 3.05) is 0 Å². The van der Waals surface area contributed by atoms with Crippen molar-refractivity contribution in [3.63, 3.8) is 0 Å². The van der Waals surface area contributed by atoms with E-state index in [1.54, 1.807) is 24.5 Å². The van der Waals surface area contributed by atoms with Crippen LogP contribution in [0.3, 0.4) is 0 Å². The van der Waals surface area contributed by atoms with Crippen LogP contribution in [-0.2, 0) is 6.54 Å². The van der Waals surface area contributed by atoms with Crippen molar-refractivity contribution >= 4 is 29.2 Å². The van der Waals surface area contributed by atoms with E-state index in [-0.39, 0.29) is 32.6 Å². The molecule has 3 heterocycles. The summed E-state index contributed by atoms with van der Waals surface area (Å²) in [6.45, 7) is 3.68. The number of carbonyl (C=O) groups is 1. The van der Waals surface area contributed by atoms with Gasteiger partial charge in [-0.2, -0.15) is 0 Å². The minimum Gasteiger partial charge on any atom is -0.477 e. The van der Waals surface area contributed by atoms with Gasteiger partial charge in [0.15, 0.2) is 5.75 Å². The molecule has 0 bridgehead atoms. The predicted molar refractivity (Wildman–Crippen MR) is 113 cm³/mol. The Morgan fingerprint density at radius 3 is 2.53 bits per heavy atom. The van der Waals surface area contributed by atoms with Crippen LogP contribution in [0.1, 0.15) is 23.0 Å². The Kier molecular flexibility index (Phi) is 5.34. The van der Waals surface area contributed by atoms with Gasteiger partial charge in [-0.05, 0) is 32.0 Å². The van der Waals surface area contributed by atoms with Crippen molar-refractivity contribution in [3.8, 4) is 34.0 Å². The summed E-state index contributed by atoms with van der Waals surface area (Å²) >= 11 is 12.1. The van der Waals surface area contributed by atoms with Crippen LogP contribution in [-0.4, -0.2) is 26.9 Å². The van der Waals surface area contributed by atoms with Crippen LogP contribution in [0.25, 0.3) is 22.4 Å². The monoisotopic (exact) mass is 482 g/mol. The van der Waals surface area contributed by atoms with Gasteiger partial charge < -0.3 is 19.1 Å². The summed E-state index contributed by atoms with van der Waals surface area (Å²) in [6, 6.07) is 5.70. The SMILES string of the molecule is CCn1c(C)c(-c2cnc3c(c2)OC(F)(F)O3)c(=O)c(C(=O)O)c1-c1ccc(Cl)c(Cl)c1. The van der Waals surface area contributed by atoms with E-state index < -0.39 is 29.1 Å². The van der Waals surface area contributed by atoms with Crippen molar-refractivity contribution in [3.05, 3.63) is 62.0 Å². The summed E-state index contributed by atoms with van der Waals surface area (Å²) in [4.78, 5) is 29.3. The van der Waals surface area contributed by atoms with Crippen molar-refractivity contribution in [1.82, 2.24) is 9.55 Å². The summed E-state index contributed by atoms with van der Waals surface area (Å²) in [6.07, 6.45) is -2.73. The molecule has 0 aliphatic carbocycles. The molecule has 0 spiro atoms. The fraction of sp³-hybridized carbons (Fsp3) is 0.190. The zero-order valence-electron chi connectivity index (χ0n) is 16.6. The van der Waals surface area contributed by atoms with Crippen molar-refractivity contribution in [2.45, 2.75) is 26.7 Å². The molecule has 0 fully saturated rings. The number of hydrogen-bond acceptors (Lipinski definition) is 5. The first-order valence-electron chi connectivity index (χ1n) is 9.26. The Morgan fingerprint density at radius 2 is 1.91 bits per heavy atom. The summed E-state index contributed by atoms with van der Waals surface area (Å²) in [5.74, 6) is -2.25. The smallest absolute Gasteiger partial charge is 0.477 e. The summed E-state index contributed by atoms with van der Waals surface area (Å²) < 4.78 is 37.1. The molecule has 0 saturated heterocycles. The Bertz CT molecular complexity index is 1340. The second-order valence-corrected chi connectivity index (χ2v) is 7.70. The standard InChI is InChI=1S/C21H14Cl2F2N2O5/c1-3-27-9(2)15(11-7-14-19(26-8-11)32-21(24,25)31-14)18(28)16(20(29)30)17(27)10-4-5-12(22)13(23)6-10/h4-8H,3H2,1-2H3,(H,29,30). The number of hydrogen-bond donors (Lipinski definition) is 1. The third-order valence-corrected chi connectivity index (χ3v) is 5.74. The van der Waals surface area contributed by atoms with E-state index in [0.29, 0.717) is 17.8 Å². The normalized spacial score (nSPS) is 13.9. The molecule has 166 valence electrons. The second kappa shape index (κ2) is 7.75. The number of ether oxygens (including phenoxy) is 2. The molecule has 32 heavy (non-hydrogen) atoms. The van der Waals surface area contributed by atoms with Crippen molar-refractivity contribution in [1.29, 1.82) is 0 Å². The zero-order valence-corrected chi connectivity index (χ0v) is 18.1. The number of carboxylic acid groups (broad SMARTS) is 1. The number of alkyl halides is 2. The van der Waals surface area contributed by atoms with Gasteiger partial charge in [0.25, 0.3) is 5.88 Å². The molecule has 11 heteroatoms. The maximum absolute atomic E-state index is 13.4. The van der Waals surface area contributed by atoms with Crippen molar-refractivity contribution in [2.24, 2.45) is 0 Å². The lowest BCUT2D eigenvalue weighted by molar-refractivity contribution is -0.287. The highest BCUT2D eigenvalue weighted by Crippen LogP contribution is 2.41. The first kappa shape index (κ1) is 22.0. The highest BCUT2D eigenvalue weighted by molar-refractivity contribution is 6.42. The zero-order chi connectivity index (χ0) is 23.4. The van der Waals surface area contributed by atoms with Crippen molar-refractivity contribution < 1.29 is 28.2 Å². The Labute approximate surface area is 189 Å². The summed E-state index contributed by atoms with van der Waals surface area (Å²) in [5, 5.41) is 10.4. The maximum atomic E-state index is 13.4. The number of fused-ring (bicyclic) bond motifs is 1. The Balaban J connectivity index is 2.02. The third kappa shape index (κ3) is 3.57. The molecule has 1 aromatic carbocycles. The van der Waals surface area contributed by atoms with Gasteiger partial charge in [-0.15, -0.1) is 8.78 Å². The van der Waals surface area contributed by atoms with Crippen LogP contribution in [0.15, 0.2) is 35.3 Å². The molecule has 3 aromatic rings. The van der Waals surface area contributed by atoms with E-state index in [4.69, 9.17) is 23.2 Å². The van der Waals surface area contributed by atoms with Gasteiger partial charge in [0.1, 0.15) is 5.56 Å². The molecule has 0 atom stereocenters. The highest BCUT2D eigenvalue weighted by atomic mass is 35.5. The Morgan fingerprint density at radius 1 is 1.19 bits per heavy atom. The molecule has 4 rings (SSSR count). The van der Waals surface area contributed by atoms with E-state index >= 15 is 0 Å². The fourth-order valence-corrected chi connectivity index (χ4v) is 3.99. The van der Waals surface area contributed by atoms with E-state index in [1.807, 2.05) is 0 Å². The molecule has 0 amide bonds. The number of nitrogens with zero attached hydrogens (tertiary/aromatic N) is 2. The van der Waals surface area contributed by atoms with Crippen LogP contribution in [0, 0.1) is 6.92 Å². The molecule has 7 nitrogen and oxygen atoms in total. The number of aromatic carboxylic acids is 1. The van der Waals surface area contributed by atoms with E-state index in [0.717, 1.165) is 12.3 Å². The largest absolute Gasteiger partial charge is 0.587 e. The minimum atomic E-state index is -3.88.